The van der Waals surface area contributed by atoms with Gasteiger partial charge in [0.15, 0.2) is 0 Å². The zero-order chi connectivity index (χ0) is 21.1. The molecule has 2 atom stereocenters. The van der Waals surface area contributed by atoms with Gasteiger partial charge in [0.2, 0.25) is 5.91 Å². The molecule has 2 aliphatic rings. The number of nitrogens with one attached hydrogen (secondary N) is 2. The number of anilines is 1. The molecular formula is C19H26ClN7O2S. The maximum Gasteiger partial charge on any atom is 0.239 e. The van der Waals surface area contributed by atoms with E-state index in [2.05, 4.69) is 33.6 Å². The maximum atomic E-state index is 12.1. The van der Waals surface area contributed by atoms with E-state index in [4.69, 9.17) is 16.2 Å². The Labute approximate surface area is 184 Å². The van der Waals surface area contributed by atoms with Crippen LogP contribution in [0.15, 0.2) is 23.0 Å². The van der Waals surface area contributed by atoms with Gasteiger partial charge in [-0.05, 0) is 44.2 Å². The number of aromatic nitrogens is 3. The molecule has 4 rings (SSSR count). The van der Waals surface area contributed by atoms with Gasteiger partial charge in [0.05, 0.1) is 29.1 Å². The summed E-state index contributed by atoms with van der Waals surface area (Å²) in [7, 11) is 0. The highest BCUT2D eigenvalue weighted by Crippen LogP contribution is 2.35. The summed E-state index contributed by atoms with van der Waals surface area (Å²) >= 11 is 7.61. The Morgan fingerprint density at radius 2 is 2.20 bits per heavy atom. The standard InChI is InChI=1S/C19H26ClN7O2S/c1-2-19-25(16(9-21)12-30-19)27-26(29-27)15-6-4-14(5-7-15)22-11-18(28)24-17-8-3-13(20)10-23-17/h3,8,10,14-16,19,22H,2,4-7,11-12H2,1H3,(H,23,24,28). The summed E-state index contributed by atoms with van der Waals surface area (Å²) in [6.07, 6.45) is 6.37. The second-order valence-corrected chi connectivity index (χ2v) is 9.30. The summed E-state index contributed by atoms with van der Waals surface area (Å²) < 4.78 is 5.74. The Balaban J connectivity index is 1.21. The smallest absolute Gasteiger partial charge is 0.239 e. The van der Waals surface area contributed by atoms with Gasteiger partial charge < -0.3 is 10.6 Å². The molecule has 2 aromatic heterocycles. The van der Waals surface area contributed by atoms with Crippen molar-refractivity contribution in [2.24, 2.45) is 0 Å². The number of nitrogens with zero attached hydrogens (tertiary/aromatic N) is 5. The first-order valence-electron chi connectivity index (χ1n) is 10.3. The summed E-state index contributed by atoms with van der Waals surface area (Å²) in [6.45, 7) is 2.38. The molecule has 0 aromatic carbocycles. The highest BCUT2D eigenvalue weighted by Gasteiger charge is 2.40. The lowest BCUT2D eigenvalue weighted by Gasteiger charge is -2.27. The van der Waals surface area contributed by atoms with Crippen LogP contribution in [0.2, 0.25) is 5.02 Å². The molecule has 9 nitrogen and oxygen atoms in total. The predicted octanol–water partition coefficient (Wildman–Crippen LogP) is 2.96. The average Bonchev–Trinajstić information content (AvgIpc) is 3.44. The first kappa shape index (κ1) is 21.2. The van der Waals surface area contributed by atoms with E-state index in [0.29, 0.717) is 22.9 Å². The molecule has 1 saturated carbocycles. The van der Waals surface area contributed by atoms with Crippen molar-refractivity contribution >= 4 is 35.1 Å². The van der Waals surface area contributed by atoms with Crippen molar-refractivity contribution < 1.29 is 9.42 Å². The third-order valence-electron chi connectivity index (χ3n) is 5.61. The molecule has 3 heterocycles. The molecule has 11 heteroatoms. The van der Waals surface area contributed by atoms with Crippen LogP contribution in [0.3, 0.4) is 0 Å². The molecular weight excluding hydrogens is 426 g/mol. The fourth-order valence-electron chi connectivity index (χ4n) is 3.97. The minimum absolute atomic E-state index is 0.118. The number of rotatable bonds is 7. The van der Waals surface area contributed by atoms with Crippen molar-refractivity contribution in [3.8, 4) is 6.07 Å². The molecule has 1 aliphatic carbocycles. The number of hydrogen-bond donors (Lipinski definition) is 2. The summed E-state index contributed by atoms with van der Waals surface area (Å²) in [4.78, 5) is 19.9. The van der Waals surface area contributed by atoms with Crippen molar-refractivity contribution in [2.75, 3.05) is 22.6 Å². The molecule has 162 valence electrons. The largest absolute Gasteiger partial charge is 0.310 e. The number of nitriles is 1. The zero-order valence-corrected chi connectivity index (χ0v) is 18.4. The topological polar surface area (TPSA) is 104 Å². The van der Waals surface area contributed by atoms with Crippen LogP contribution in [0.1, 0.15) is 45.1 Å². The van der Waals surface area contributed by atoms with Gasteiger partial charge in [0.1, 0.15) is 11.9 Å². The van der Waals surface area contributed by atoms with Gasteiger partial charge in [-0.1, -0.05) is 23.4 Å². The van der Waals surface area contributed by atoms with E-state index in [1.54, 1.807) is 17.1 Å². The van der Waals surface area contributed by atoms with Crippen LogP contribution in [0.4, 0.5) is 5.82 Å². The summed E-state index contributed by atoms with van der Waals surface area (Å²) in [6, 6.07) is 6.21. The minimum Gasteiger partial charge on any atom is -0.310 e. The molecule has 2 N–H and O–H groups in total. The number of carbonyl (C=O) groups is 1. The lowest BCUT2D eigenvalue weighted by atomic mass is 9.91. The Kier molecular flexibility index (Phi) is 6.61. The van der Waals surface area contributed by atoms with Crippen LogP contribution >= 0.6 is 23.4 Å². The second-order valence-electron chi connectivity index (χ2n) is 7.65. The molecule has 2 fully saturated rings. The first-order chi connectivity index (χ1) is 14.6. The van der Waals surface area contributed by atoms with E-state index < -0.39 is 0 Å². The van der Waals surface area contributed by atoms with Crippen molar-refractivity contribution in [1.82, 2.24) is 20.1 Å². The van der Waals surface area contributed by atoms with Crippen molar-refractivity contribution in [3.05, 3.63) is 23.4 Å². The Bertz CT molecular complexity index is 878. The van der Waals surface area contributed by atoms with Crippen molar-refractivity contribution in [1.29, 1.82) is 5.26 Å². The second kappa shape index (κ2) is 9.37. The molecule has 0 spiro atoms. The Hall–Kier alpha value is -2.09. The van der Waals surface area contributed by atoms with E-state index in [1.807, 2.05) is 16.6 Å². The van der Waals surface area contributed by atoms with E-state index in [0.717, 1.165) is 37.9 Å². The Morgan fingerprint density at radius 1 is 1.40 bits per heavy atom. The quantitative estimate of drug-likeness (QED) is 0.666. The van der Waals surface area contributed by atoms with Gasteiger partial charge in [-0.15, -0.1) is 11.8 Å². The van der Waals surface area contributed by atoms with Gasteiger partial charge in [-0.3, -0.25) is 4.79 Å². The first-order valence-corrected chi connectivity index (χ1v) is 11.7. The Morgan fingerprint density at radius 3 is 2.87 bits per heavy atom. The number of hydrogen-bond acceptors (Lipinski definition) is 7. The van der Waals surface area contributed by atoms with Crippen LogP contribution in [0.5, 0.6) is 0 Å². The predicted molar refractivity (Wildman–Crippen MR) is 116 cm³/mol. The lowest BCUT2D eigenvalue weighted by molar-refractivity contribution is -0.115. The van der Waals surface area contributed by atoms with Crippen LogP contribution in [-0.2, 0) is 4.79 Å². The fourth-order valence-corrected chi connectivity index (χ4v) is 5.33. The number of halogens is 1. The van der Waals surface area contributed by atoms with E-state index >= 15 is 0 Å². The minimum atomic E-state index is -0.142. The number of carbonyl (C=O) groups excluding carboxylic acids is 1. The molecule has 2 aromatic rings. The SMILES string of the molecule is CCC1SCC(C#N)N1n1on1C1CCC(NCC(=O)Nc2ccc(Cl)cn2)CC1. The van der Waals surface area contributed by atoms with Crippen LogP contribution in [0.25, 0.3) is 0 Å². The fraction of sp³-hybridized carbons (Fsp3) is 0.632. The lowest BCUT2D eigenvalue weighted by Crippen LogP contribution is -2.43. The monoisotopic (exact) mass is 451 g/mol. The summed E-state index contributed by atoms with van der Waals surface area (Å²) in [5.41, 5.74) is 0. The van der Waals surface area contributed by atoms with E-state index in [9.17, 15) is 10.1 Å². The average molecular weight is 452 g/mol. The third kappa shape index (κ3) is 4.79. The van der Waals surface area contributed by atoms with Crippen LogP contribution < -0.4 is 15.6 Å². The van der Waals surface area contributed by atoms with Gasteiger partial charge >= 0.3 is 0 Å². The van der Waals surface area contributed by atoms with Gasteiger partial charge in [-0.25, -0.2) is 14.6 Å². The van der Waals surface area contributed by atoms with Crippen LogP contribution in [0, 0.1) is 11.3 Å². The molecule has 1 aliphatic heterocycles. The number of pyridine rings is 1. The molecule has 30 heavy (non-hydrogen) atoms. The highest BCUT2D eigenvalue weighted by molar-refractivity contribution is 8.00. The van der Waals surface area contributed by atoms with Gasteiger partial charge in [0, 0.05) is 23.0 Å². The molecule has 0 bridgehead atoms. The molecule has 1 saturated heterocycles. The number of thioether (sulfide) groups is 1. The molecule has 2 unspecified atom stereocenters. The summed E-state index contributed by atoms with van der Waals surface area (Å²) in [5, 5.41) is 18.4. The van der Waals surface area contributed by atoms with Gasteiger partial charge in [0.25, 0.3) is 0 Å². The number of amides is 1. The van der Waals surface area contributed by atoms with Crippen molar-refractivity contribution in [2.45, 2.75) is 62.5 Å². The highest BCUT2D eigenvalue weighted by atomic mass is 35.5. The zero-order valence-electron chi connectivity index (χ0n) is 16.8. The van der Waals surface area contributed by atoms with Crippen molar-refractivity contribution in [3.63, 3.8) is 0 Å². The molecule has 0 radical (unpaired) electrons. The van der Waals surface area contributed by atoms with Gasteiger partial charge in [-0.2, -0.15) is 5.26 Å². The molecule has 1 amide bonds. The third-order valence-corrected chi connectivity index (χ3v) is 7.28. The van der Waals surface area contributed by atoms with E-state index in [1.165, 1.54) is 6.20 Å². The van der Waals surface area contributed by atoms with E-state index in [-0.39, 0.29) is 23.9 Å². The van der Waals surface area contributed by atoms with Crippen LogP contribution in [-0.4, -0.2) is 50.5 Å². The maximum absolute atomic E-state index is 12.1. The normalized spacial score (nSPS) is 26.6. The summed E-state index contributed by atoms with van der Waals surface area (Å²) in [5.74, 6) is 1.19.